The molecule has 1 N–H and O–H groups in total. The van der Waals surface area contributed by atoms with Crippen molar-refractivity contribution >= 4 is 5.91 Å². The van der Waals surface area contributed by atoms with Crippen LogP contribution in [0.1, 0.15) is 10.4 Å². The van der Waals surface area contributed by atoms with Gasteiger partial charge >= 0.3 is 0 Å². The van der Waals surface area contributed by atoms with Crippen LogP contribution in [0.5, 0.6) is 5.75 Å². The topological polar surface area (TPSA) is 69.0 Å². The van der Waals surface area contributed by atoms with E-state index in [0.29, 0.717) is 18.7 Å². The Kier molecular flexibility index (Phi) is 3.90. The summed E-state index contributed by atoms with van der Waals surface area (Å²) < 4.78 is 7.22. The molecule has 6 nitrogen and oxygen atoms in total. The maximum Gasteiger partial charge on any atom is 0.251 e. The fraction of sp³-hybridized carbons (Fsp3) is 0.250. The summed E-state index contributed by atoms with van der Waals surface area (Å²) in [6.07, 6.45) is 3.12. The van der Waals surface area contributed by atoms with Crippen LogP contribution >= 0.6 is 0 Å². The van der Waals surface area contributed by atoms with E-state index in [1.54, 1.807) is 42.3 Å². The van der Waals surface area contributed by atoms with E-state index in [4.69, 9.17) is 4.74 Å². The zero-order valence-electron chi connectivity index (χ0n) is 10.0. The van der Waals surface area contributed by atoms with Gasteiger partial charge in [0, 0.05) is 12.6 Å². The highest BCUT2D eigenvalue weighted by atomic mass is 16.5. The maximum atomic E-state index is 11.3. The summed E-state index contributed by atoms with van der Waals surface area (Å²) in [4.78, 5) is 15.2. The smallest absolute Gasteiger partial charge is 0.251 e. The molecule has 1 aromatic carbocycles. The number of ether oxygens (including phenoxy) is 1. The first-order chi connectivity index (χ1) is 8.79. The molecule has 2 aromatic rings. The van der Waals surface area contributed by atoms with Crippen molar-refractivity contribution in [1.29, 1.82) is 0 Å². The number of nitrogens with one attached hydrogen (secondary N) is 1. The van der Waals surface area contributed by atoms with E-state index in [9.17, 15) is 4.79 Å². The van der Waals surface area contributed by atoms with Crippen LogP contribution in [0.2, 0.25) is 0 Å². The van der Waals surface area contributed by atoms with Crippen molar-refractivity contribution in [1.82, 2.24) is 20.1 Å². The van der Waals surface area contributed by atoms with Crippen LogP contribution < -0.4 is 10.1 Å². The maximum absolute atomic E-state index is 11.3. The molecular weight excluding hydrogens is 232 g/mol. The van der Waals surface area contributed by atoms with Gasteiger partial charge in [0.25, 0.3) is 5.91 Å². The molecule has 0 aliphatic carbocycles. The number of hydrogen-bond acceptors (Lipinski definition) is 4. The zero-order chi connectivity index (χ0) is 12.8. The molecule has 1 heterocycles. The predicted molar refractivity (Wildman–Crippen MR) is 65.3 cm³/mol. The average molecular weight is 246 g/mol. The Bertz CT molecular complexity index is 493. The molecule has 0 spiro atoms. The quantitative estimate of drug-likeness (QED) is 0.843. The molecule has 2 rings (SSSR count). The number of rotatable bonds is 5. The largest absolute Gasteiger partial charge is 0.492 e. The van der Waals surface area contributed by atoms with Gasteiger partial charge in [-0.1, -0.05) is 0 Å². The zero-order valence-corrected chi connectivity index (χ0v) is 10.0. The molecule has 1 aromatic heterocycles. The number of carbonyl (C=O) groups excluding carboxylic acids is 1. The molecule has 0 radical (unpaired) electrons. The first kappa shape index (κ1) is 12.1. The fourth-order valence-electron chi connectivity index (χ4n) is 1.45. The van der Waals surface area contributed by atoms with Gasteiger partial charge in [-0.05, 0) is 24.3 Å². The highest BCUT2D eigenvalue weighted by molar-refractivity contribution is 5.94. The van der Waals surface area contributed by atoms with E-state index in [2.05, 4.69) is 15.4 Å². The van der Waals surface area contributed by atoms with E-state index in [1.165, 1.54) is 6.33 Å². The van der Waals surface area contributed by atoms with Crippen LogP contribution in [-0.4, -0.2) is 34.3 Å². The second-order valence-electron chi connectivity index (χ2n) is 3.61. The lowest BCUT2D eigenvalue weighted by Crippen LogP contribution is -2.17. The van der Waals surface area contributed by atoms with Crippen LogP contribution in [0.25, 0.3) is 0 Å². The monoisotopic (exact) mass is 246 g/mol. The van der Waals surface area contributed by atoms with Crippen LogP contribution in [-0.2, 0) is 6.54 Å². The highest BCUT2D eigenvalue weighted by Crippen LogP contribution is 2.12. The highest BCUT2D eigenvalue weighted by Gasteiger charge is 2.02. The van der Waals surface area contributed by atoms with Gasteiger partial charge in [0.15, 0.2) is 0 Å². The second-order valence-corrected chi connectivity index (χ2v) is 3.61. The Morgan fingerprint density at radius 1 is 1.39 bits per heavy atom. The third-order valence-electron chi connectivity index (χ3n) is 2.40. The van der Waals surface area contributed by atoms with Crippen molar-refractivity contribution in [2.75, 3.05) is 13.7 Å². The molecule has 18 heavy (non-hydrogen) atoms. The first-order valence-electron chi connectivity index (χ1n) is 5.57. The average Bonchev–Trinajstić information content (AvgIpc) is 2.92. The van der Waals surface area contributed by atoms with Crippen LogP contribution in [0.15, 0.2) is 36.9 Å². The normalized spacial score (nSPS) is 10.1. The fourth-order valence-corrected chi connectivity index (χ4v) is 1.45. The molecule has 94 valence electrons. The predicted octanol–water partition coefficient (Wildman–Crippen LogP) is 0.717. The molecule has 0 atom stereocenters. The van der Waals surface area contributed by atoms with Gasteiger partial charge in [-0.25, -0.2) is 9.67 Å². The number of aromatic nitrogens is 3. The number of benzene rings is 1. The van der Waals surface area contributed by atoms with Crippen molar-refractivity contribution < 1.29 is 9.53 Å². The molecule has 0 saturated carbocycles. The molecule has 0 bridgehead atoms. The summed E-state index contributed by atoms with van der Waals surface area (Å²) in [6, 6.07) is 6.99. The lowest BCUT2D eigenvalue weighted by atomic mass is 10.2. The summed E-state index contributed by atoms with van der Waals surface area (Å²) >= 11 is 0. The van der Waals surface area contributed by atoms with Gasteiger partial charge in [-0.3, -0.25) is 4.79 Å². The second kappa shape index (κ2) is 5.81. The third-order valence-corrected chi connectivity index (χ3v) is 2.40. The number of carbonyl (C=O) groups is 1. The summed E-state index contributed by atoms with van der Waals surface area (Å²) in [6.45, 7) is 1.14. The van der Waals surface area contributed by atoms with Gasteiger partial charge in [0.2, 0.25) is 0 Å². The minimum atomic E-state index is -0.107. The summed E-state index contributed by atoms with van der Waals surface area (Å²) in [5.41, 5.74) is 0.612. The molecule has 0 unspecified atom stereocenters. The van der Waals surface area contributed by atoms with E-state index >= 15 is 0 Å². The molecule has 0 aliphatic heterocycles. The van der Waals surface area contributed by atoms with Gasteiger partial charge in [0.1, 0.15) is 25.0 Å². The lowest BCUT2D eigenvalue weighted by molar-refractivity contribution is 0.0963. The van der Waals surface area contributed by atoms with Gasteiger partial charge in [-0.2, -0.15) is 5.10 Å². The molecule has 1 amide bonds. The van der Waals surface area contributed by atoms with Crippen LogP contribution in [0.3, 0.4) is 0 Å². The van der Waals surface area contributed by atoms with E-state index < -0.39 is 0 Å². The Labute approximate surface area is 105 Å². The van der Waals surface area contributed by atoms with E-state index in [0.717, 1.165) is 5.75 Å². The summed E-state index contributed by atoms with van der Waals surface area (Å²) in [5.74, 6) is 0.618. The van der Waals surface area contributed by atoms with E-state index in [-0.39, 0.29) is 5.91 Å². The van der Waals surface area contributed by atoms with Crippen LogP contribution in [0.4, 0.5) is 0 Å². The van der Waals surface area contributed by atoms with Crippen molar-refractivity contribution in [2.45, 2.75) is 6.54 Å². The van der Waals surface area contributed by atoms with Gasteiger partial charge < -0.3 is 10.1 Å². The van der Waals surface area contributed by atoms with Crippen molar-refractivity contribution in [3.63, 3.8) is 0 Å². The standard InChI is InChI=1S/C12H14N4O2/c1-13-12(17)10-2-4-11(5-3-10)18-7-6-16-9-14-8-15-16/h2-5,8-9H,6-7H2,1H3,(H,13,17). The minimum absolute atomic E-state index is 0.107. The van der Waals surface area contributed by atoms with Crippen molar-refractivity contribution in [3.05, 3.63) is 42.5 Å². The van der Waals surface area contributed by atoms with Crippen molar-refractivity contribution in [3.8, 4) is 5.75 Å². The number of hydrogen-bond donors (Lipinski definition) is 1. The molecular formula is C12H14N4O2. The first-order valence-corrected chi connectivity index (χ1v) is 5.57. The lowest BCUT2D eigenvalue weighted by Gasteiger charge is -2.06. The number of amides is 1. The third kappa shape index (κ3) is 3.07. The Morgan fingerprint density at radius 3 is 2.78 bits per heavy atom. The Morgan fingerprint density at radius 2 is 2.17 bits per heavy atom. The Hall–Kier alpha value is -2.37. The van der Waals surface area contributed by atoms with E-state index in [1.807, 2.05) is 0 Å². The van der Waals surface area contributed by atoms with Crippen LogP contribution in [0, 0.1) is 0 Å². The minimum Gasteiger partial charge on any atom is -0.492 e. The van der Waals surface area contributed by atoms with Gasteiger partial charge in [0.05, 0.1) is 6.54 Å². The van der Waals surface area contributed by atoms with Gasteiger partial charge in [-0.15, -0.1) is 0 Å². The number of nitrogens with zero attached hydrogens (tertiary/aromatic N) is 3. The summed E-state index contributed by atoms with van der Waals surface area (Å²) in [7, 11) is 1.60. The molecule has 0 aliphatic rings. The molecule has 0 saturated heterocycles. The van der Waals surface area contributed by atoms with Crippen molar-refractivity contribution in [2.24, 2.45) is 0 Å². The Balaban J connectivity index is 1.85. The molecule has 6 heteroatoms. The summed E-state index contributed by atoms with van der Waals surface area (Å²) in [5, 5.41) is 6.53. The SMILES string of the molecule is CNC(=O)c1ccc(OCCn2cncn2)cc1. The molecule has 0 fully saturated rings.